The van der Waals surface area contributed by atoms with Crippen molar-refractivity contribution in [1.82, 2.24) is 4.90 Å². The average Bonchev–Trinajstić information content (AvgIpc) is 2.92. The fourth-order valence-electron chi connectivity index (χ4n) is 2.57. The predicted octanol–water partition coefficient (Wildman–Crippen LogP) is 3.98. The predicted molar refractivity (Wildman–Crippen MR) is 109 cm³/mol. The van der Waals surface area contributed by atoms with Gasteiger partial charge in [-0.25, -0.2) is 9.38 Å². The normalized spacial score (nSPS) is 17.6. The first kappa shape index (κ1) is 20.7. The van der Waals surface area contributed by atoms with Crippen LogP contribution < -0.4 is 5.32 Å². The van der Waals surface area contributed by atoms with Gasteiger partial charge in [0.15, 0.2) is 5.17 Å². The number of nitro groups is 1. The van der Waals surface area contributed by atoms with E-state index in [4.69, 9.17) is 11.6 Å². The highest BCUT2D eigenvalue weighted by Gasteiger charge is 2.37. The van der Waals surface area contributed by atoms with Gasteiger partial charge in [0.25, 0.3) is 5.69 Å². The summed E-state index contributed by atoms with van der Waals surface area (Å²) in [5.74, 6) is -1.45. The minimum Gasteiger partial charge on any atom is -0.320 e. The first-order chi connectivity index (χ1) is 13.8. The number of anilines is 1. The van der Waals surface area contributed by atoms with Crippen molar-refractivity contribution in [3.8, 4) is 0 Å². The van der Waals surface area contributed by atoms with Gasteiger partial charge in [-0.3, -0.25) is 24.6 Å². The third-order valence-corrected chi connectivity index (χ3v) is 5.53. The number of hydrogen-bond acceptors (Lipinski definition) is 6. The van der Waals surface area contributed by atoms with Gasteiger partial charge in [-0.2, -0.15) is 0 Å². The smallest absolute Gasteiger partial charge is 0.292 e. The molecular formula is C18H14ClFN4O4S. The Bertz CT molecular complexity index is 1030. The lowest BCUT2D eigenvalue weighted by molar-refractivity contribution is -0.383. The topological polar surface area (TPSA) is 105 Å². The molecule has 8 nitrogen and oxygen atoms in total. The van der Waals surface area contributed by atoms with E-state index >= 15 is 0 Å². The van der Waals surface area contributed by atoms with Gasteiger partial charge in [0.05, 0.1) is 15.6 Å². The second kappa shape index (κ2) is 8.58. The number of para-hydroxylation sites is 2. The summed E-state index contributed by atoms with van der Waals surface area (Å²) < 4.78 is 13.3. The quantitative estimate of drug-likeness (QED) is 0.563. The second-order valence-electron chi connectivity index (χ2n) is 6.02. The molecule has 0 aliphatic carbocycles. The molecule has 1 fully saturated rings. The highest BCUT2D eigenvalue weighted by Crippen LogP contribution is 2.32. The summed E-state index contributed by atoms with van der Waals surface area (Å²) in [7, 11) is 1.51. The molecule has 0 unspecified atom stereocenters. The van der Waals surface area contributed by atoms with Gasteiger partial charge in [-0.05, 0) is 24.3 Å². The van der Waals surface area contributed by atoms with Crippen LogP contribution in [0.2, 0.25) is 5.02 Å². The number of halogens is 2. The molecule has 3 rings (SSSR count). The molecule has 1 atom stereocenters. The molecule has 2 amide bonds. The molecule has 11 heteroatoms. The standard InChI is InChI=1S/C18H14ClFN4O4S/c1-23-17(26)15(29-18(23)21-10-6-7-12(20)11(19)8-10)9-16(25)22-13-4-2-3-5-14(13)24(27)28/h2-8,15H,9H2,1H3,(H,22,25)/t15-/m1/s1. The molecular weight excluding hydrogens is 423 g/mol. The summed E-state index contributed by atoms with van der Waals surface area (Å²) in [4.78, 5) is 40.8. The van der Waals surface area contributed by atoms with Crippen molar-refractivity contribution in [2.45, 2.75) is 11.7 Å². The van der Waals surface area contributed by atoms with E-state index in [0.29, 0.717) is 10.9 Å². The van der Waals surface area contributed by atoms with E-state index in [2.05, 4.69) is 10.3 Å². The molecule has 2 aromatic rings. The van der Waals surface area contributed by atoms with E-state index in [1.54, 1.807) is 6.07 Å². The van der Waals surface area contributed by atoms with Crippen molar-refractivity contribution in [2.75, 3.05) is 12.4 Å². The zero-order chi connectivity index (χ0) is 21.1. The van der Waals surface area contributed by atoms with E-state index in [1.807, 2.05) is 0 Å². The molecule has 150 valence electrons. The number of hydrogen-bond donors (Lipinski definition) is 1. The number of amides is 2. The van der Waals surface area contributed by atoms with Crippen LogP contribution in [0.25, 0.3) is 0 Å². The highest BCUT2D eigenvalue weighted by atomic mass is 35.5. The fourth-order valence-corrected chi connectivity index (χ4v) is 3.90. The van der Waals surface area contributed by atoms with Crippen molar-refractivity contribution in [1.29, 1.82) is 0 Å². The second-order valence-corrected chi connectivity index (χ2v) is 7.60. The van der Waals surface area contributed by atoms with Crippen LogP contribution in [0.4, 0.5) is 21.5 Å². The van der Waals surface area contributed by atoms with E-state index in [1.165, 1.54) is 48.3 Å². The van der Waals surface area contributed by atoms with Crippen LogP contribution in [-0.2, 0) is 9.59 Å². The Morgan fingerprint density at radius 3 is 2.79 bits per heavy atom. The van der Waals surface area contributed by atoms with Crippen molar-refractivity contribution >= 4 is 57.4 Å². The number of carbonyl (C=O) groups is 2. The van der Waals surface area contributed by atoms with Gasteiger partial charge < -0.3 is 5.32 Å². The Morgan fingerprint density at radius 2 is 2.10 bits per heavy atom. The summed E-state index contributed by atoms with van der Waals surface area (Å²) in [5.41, 5.74) is 0.184. The van der Waals surface area contributed by atoms with Crippen LogP contribution in [0.3, 0.4) is 0 Å². The maximum Gasteiger partial charge on any atom is 0.292 e. The van der Waals surface area contributed by atoms with Gasteiger partial charge in [0, 0.05) is 19.5 Å². The van der Waals surface area contributed by atoms with Gasteiger partial charge in [-0.15, -0.1) is 0 Å². The summed E-state index contributed by atoms with van der Waals surface area (Å²) in [6, 6.07) is 9.65. The lowest BCUT2D eigenvalue weighted by atomic mass is 10.2. The van der Waals surface area contributed by atoms with E-state index in [-0.39, 0.29) is 28.7 Å². The molecule has 0 aromatic heterocycles. The SMILES string of the molecule is CN1C(=O)[C@@H](CC(=O)Nc2ccccc2[N+](=O)[O-])SC1=Nc1ccc(F)c(Cl)c1. The summed E-state index contributed by atoms with van der Waals surface area (Å²) in [6.45, 7) is 0. The maximum atomic E-state index is 13.3. The van der Waals surface area contributed by atoms with Crippen molar-refractivity contribution in [2.24, 2.45) is 4.99 Å². The molecule has 0 spiro atoms. The van der Waals surface area contributed by atoms with E-state index in [0.717, 1.165) is 11.8 Å². The molecule has 2 aromatic carbocycles. The number of aliphatic imine (C=N–C) groups is 1. The summed E-state index contributed by atoms with van der Waals surface area (Å²) >= 11 is 6.82. The van der Waals surface area contributed by atoms with Gasteiger partial charge >= 0.3 is 0 Å². The van der Waals surface area contributed by atoms with Crippen LogP contribution in [-0.4, -0.2) is 39.1 Å². The molecule has 0 saturated carbocycles. The lowest BCUT2D eigenvalue weighted by Crippen LogP contribution is -2.30. The number of thioether (sulfide) groups is 1. The van der Waals surface area contributed by atoms with Crippen molar-refractivity contribution < 1.29 is 18.9 Å². The van der Waals surface area contributed by atoms with Gasteiger partial charge in [-0.1, -0.05) is 35.5 Å². The minimum atomic E-state index is -0.738. The minimum absolute atomic E-state index is 0.0566. The third-order valence-electron chi connectivity index (χ3n) is 4.01. The van der Waals surface area contributed by atoms with Crippen LogP contribution >= 0.6 is 23.4 Å². The van der Waals surface area contributed by atoms with Gasteiger partial charge in [0.2, 0.25) is 11.8 Å². The Labute approximate surface area is 173 Å². The summed E-state index contributed by atoms with van der Waals surface area (Å²) in [6.07, 6.45) is -0.191. The molecule has 1 aliphatic heterocycles. The average molecular weight is 437 g/mol. The van der Waals surface area contributed by atoms with Crippen molar-refractivity contribution in [3.63, 3.8) is 0 Å². The molecule has 0 bridgehead atoms. The molecule has 1 saturated heterocycles. The third kappa shape index (κ3) is 4.72. The molecule has 1 heterocycles. The number of carbonyl (C=O) groups excluding carboxylic acids is 2. The molecule has 0 radical (unpaired) electrons. The summed E-state index contributed by atoms with van der Waals surface area (Å²) in [5, 5.41) is 13.0. The largest absolute Gasteiger partial charge is 0.320 e. The Balaban J connectivity index is 1.71. The van der Waals surface area contributed by atoms with Crippen LogP contribution in [0.1, 0.15) is 6.42 Å². The Hall–Kier alpha value is -2.98. The zero-order valence-electron chi connectivity index (χ0n) is 15.0. The Morgan fingerprint density at radius 1 is 1.38 bits per heavy atom. The lowest BCUT2D eigenvalue weighted by Gasteiger charge is -2.09. The van der Waals surface area contributed by atoms with Gasteiger partial charge in [0.1, 0.15) is 16.8 Å². The Kier molecular flexibility index (Phi) is 6.14. The first-order valence-electron chi connectivity index (χ1n) is 8.27. The number of nitrogens with zero attached hydrogens (tertiary/aromatic N) is 3. The maximum absolute atomic E-state index is 13.3. The molecule has 29 heavy (non-hydrogen) atoms. The first-order valence-corrected chi connectivity index (χ1v) is 9.53. The van der Waals surface area contributed by atoms with E-state index < -0.39 is 21.9 Å². The molecule has 1 N–H and O–H groups in total. The number of amidine groups is 1. The highest BCUT2D eigenvalue weighted by molar-refractivity contribution is 8.15. The number of rotatable bonds is 5. The number of benzene rings is 2. The van der Waals surface area contributed by atoms with Crippen molar-refractivity contribution in [3.05, 3.63) is 63.4 Å². The number of nitro benzene ring substituents is 1. The van der Waals surface area contributed by atoms with Crippen LogP contribution in [0.15, 0.2) is 47.5 Å². The molecule has 1 aliphatic rings. The van der Waals surface area contributed by atoms with Crippen LogP contribution in [0, 0.1) is 15.9 Å². The monoisotopic (exact) mass is 436 g/mol. The number of nitrogens with one attached hydrogen (secondary N) is 1. The van der Waals surface area contributed by atoms with E-state index in [9.17, 15) is 24.1 Å². The van der Waals surface area contributed by atoms with Crippen LogP contribution in [0.5, 0.6) is 0 Å². The fraction of sp³-hybridized carbons (Fsp3) is 0.167. The zero-order valence-corrected chi connectivity index (χ0v) is 16.5.